The summed E-state index contributed by atoms with van der Waals surface area (Å²) in [5.74, 6) is 2.34. The van der Waals surface area contributed by atoms with E-state index in [4.69, 9.17) is 0 Å². The molecule has 2 aliphatic rings. The van der Waals surface area contributed by atoms with Crippen molar-refractivity contribution < 1.29 is 4.21 Å². The van der Waals surface area contributed by atoms with Crippen LogP contribution in [0.1, 0.15) is 50.3 Å². The van der Waals surface area contributed by atoms with Gasteiger partial charge in [-0.1, -0.05) is 19.4 Å². The van der Waals surface area contributed by atoms with Gasteiger partial charge in [0.15, 0.2) is 5.96 Å². The molecule has 3 rings (SSSR count). The summed E-state index contributed by atoms with van der Waals surface area (Å²) in [5.41, 5.74) is 0. The summed E-state index contributed by atoms with van der Waals surface area (Å²) in [6.45, 7) is 6.44. The van der Waals surface area contributed by atoms with Crippen LogP contribution in [0.3, 0.4) is 0 Å². The van der Waals surface area contributed by atoms with Crippen LogP contribution in [-0.2, 0) is 17.3 Å². The molecule has 2 heterocycles. The Morgan fingerprint density at radius 3 is 2.93 bits per heavy atom. The van der Waals surface area contributed by atoms with Crippen LogP contribution >= 0.6 is 35.3 Å². The van der Waals surface area contributed by atoms with E-state index in [9.17, 15) is 4.21 Å². The first-order valence-corrected chi connectivity index (χ1v) is 13.0. The van der Waals surface area contributed by atoms with Crippen LogP contribution in [0.25, 0.3) is 0 Å². The van der Waals surface area contributed by atoms with Crippen LogP contribution in [0.15, 0.2) is 22.5 Å². The molecule has 1 aliphatic carbocycles. The van der Waals surface area contributed by atoms with Crippen LogP contribution < -0.4 is 10.6 Å². The summed E-state index contributed by atoms with van der Waals surface area (Å²) >= 11 is 1.85. The van der Waals surface area contributed by atoms with Crippen molar-refractivity contribution in [2.75, 3.05) is 32.4 Å². The zero-order chi connectivity index (χ0) is 19.8. The smallest absolute Gasteiger partial charge is 0.191 e. The minimum absolute atomic E-state index is 0. The van der Waals surface area contributed by atoms with Crippen molar-refractivity contribution in [1.29, 1.82) is 0 Å². The quantitative estimate of drug-likeness (QED) is 0.307. The Hall–Kier alpha value is -0.190. The largest absolute Gasteiger partial charge is 0.356 e. The van der Waals surface area contributed by atoms with Gasteiger partial charge in [0.05, 0.1) is 0 Å². The number of halogens is 1. The normalized spacial score (nSPS) is 27.1. The van der Waals surface area contributed by atoms with Gasteiger partial charge in [-0.05, 0) is 56.0 Å². The number of likely N-dealkylation sites (tertiary alicyclic amines) is 1. The minimum Gasteiger partial charge on any atom is -0.356 e. The highest BCUT2D eigenvalue weighted by atomic mass is 127. The van der Waals surface area contributed by atoms with Gasteiger partial charge in [-0.3, -0.25) is 14.1 Å². The Kier molecular flexibility index (Phi) is 11.5. The Morgan fingerprint density at radius 2 is 2.21 bits per heavy atom. The zero-order valence-corrected chi connectivity index (χ0v) is 21.7. The lowest BCUT2D eigenvalue weighted by atomic mass is 9.95. The molecule has 2 N–H and O–H groups in total. The van der Waals surface area contributed by atoms with Crippen molar-refractivity contribution >= 4 is 52.1 Å². The minimum atomic E-state index is -0.681. The average molecular weight is 553 g/mol. The maximum absolute atomic E-state index is 12.2. The lowest BCUT2D eigenvalue weighted by Gasteiger charge is -2.33. The van der Waals surface area contributed by atoms with E-state index in [-0.39, 0.29) is 24.0 Å². The number of hydrogen-bond donors (Lipinski definition) is 2. The molecule has 2 fully saturated rings. The van der Waals surface area contributed by atoms with Crippen LogP contribution in [-0.4, -0.2) is 58.8 Å². The van der Waals surface area contributed by atoms with Crippen LogP contribution in [0.2, 0.25) is 0 Å². The van der Waals surface area contributed by atoms with E-state index < -0.39 is 10.8 Å². The average Bonchev–Trinajstić information content (AvgIpc) is 3.24. The first kappa shape index (κ1) is 25.1. The molecule has 29 heavy (non-hydrogen) atoms. The third-order valence-corrected chi connectivity index (χ3v) is 8.57. The molecular weight excluding hydrogens is 515 g/mol. The van der Waals surface area contributed by atoms with Gasteiger partial charge in [0.2, 0.25) is 0 Å². The molecule has 4 unspecified atom stereocenters. The molecule has 1 saturated carbocycles. The second-order valence-corrected chi connectivity index (χ2v) is 11.1. The predicted octanol–water partition coefficient (Wildman–Crippen LogP) is 3.82. The lowest BCUT2D eigenvalue weighted by molar-refractivity contribution is 0.169. The van der Waals surface area contributed by atoms with E-state index >= 15 is 0 Å². The maximum atomic E-state index is 12.2. The van der Waals surface area contributed by atoms with Crippen LogP contribution in [0, 0.1) is 5.92 Å². The number of nitrogens with zero attached hydrogens (tertiary/aromatic N) is 2. The third-order valence-electron chi connectivity index (χ3n) is 5.97. The Labute approximate surface area is 200 Å². The van der Waals surface area contributed by atoms with E-state index in [0.717, 1.165) is 57.0 Å². The zero-order valence-electron chi connectivity index (χ0n) is 17.8. The molecule has 166 valence electrons. The summed E-state index contributed by atoms with van der Waals surface area (Å²) in [6, 6.07) is 4.77. The molecule has 8 heteroatoms. The van der Waals surface area contributed by atoms with Gasteiger partial charge < -0.3 is 10.6 Å². The van der Waals surface area contributed by atoms with Gasteiger partial charge in [-0.15, -0.1) is 35.3 Å². The summed E-state index contributed by atoms with van der Waals surface area (Å²) in [5, 5.41) is 9.67. The van der Waals surface area contributed by atoms with Gasteiger partial charge in [0.1, 0.15) is 0 Å². The van der Waals surface area contributed by atoms with Gasteiger partial charge in [-0.25, -0.2) is 0 Å². The van der Waals surface area contributed by atoms with Crippen molar-refractivity contribution in [2.24, 2.45) is 10.9 Å². The van der Waals surface area contributed by atoms with E-state index in [2.05, 4.69) is 38.0 Å². The first-order chi connectivity index (χ1) is 13.7. The van der Waals surface area contributed by atoms with E-state index in [1.54, 1.807) is 0 Å². The van der Waals surface area contributed by atoms with E-state index in [0.29, 0.717) is 17.2 Å². The number of piperidine rings is 1. The molecule has 0 spiro atoms. The van der Waals surface area contributed by atoms with E-state index in [1.165, 1.54) is 24.3 Å². The molecule has 0 aromatic carbocycles. The number of nitrogens with one attached hydrogen (secondary N) is 2. The number of hydrogen-bond acceptors (Lipinski definition) is 4. The fraction of sp³-hybridized carbons (Fsp3) is 0.762. The standard InChI is InChI=1S/C21H36N4OS2.HI/c1-3-28(26)20-10-4-8-18(13-20)24-21(22-2)23-14-17-7-5-11-25(15-17)16-19-9-6-12-27-19;/h6,9,12,17-18,20H,3-5,7-8,10-11,13-16H2,1-2H3,(H2,22,23,24);1H. The van der Waals surface area contributed by atoms with Crippen molar-refractivity contribution in [1.82, 2.24) is 15.5 Å². The summed E-state index contributed by atoms with van der Waals surface area (Å²) in [7, 11) is 1.17. The van der Waals surface area contributed by atoms with Crippen molar-refractivity contribution in [3.8, 4) is 0 Å². The highest BCUT2D eigenvalue weighted by Crippen LogP contribution is 2.23. The molecule has 1 aromatic heterocycles. The number of thiophene rings is 1. The Balaban J connectivity index is 0.00000300. The van der Waals surface area contributed by atoms with Crippen molar-refractivity contribution in [2.45, 2.75) is 63.3 Å². The fourth-order valence-corrected chi connectivity index (χ4v) is 6.56. The number of guanidine groups is 1. The van der Waals surface area contributed by atoms with Gasteiger partial charge >= 0.3 is 0 Å². The van der Waals surface area contributed by atoms with Gasteiger partial charge in [0, 0.05) is 59.4 Å². The molecule has 1 saturated heterocycles. The highest BCUT2D eigenvalue weighted by Gasteiger charge is 2.26. The predicted molar refractivity (Wildman–Crippen MR) is 137 cm³/mol. The highest BCUT2D eigenvalue weighted by molar-refractivity contribution is 14.0. The molecule has 0 bridgehead atoms. The topological polar surface area (TPSA) is 56.7 Å². The number of rotatable bonds is 7. The van der Waals surface area contributed by atoms with Gasteiger partial charge in [0.25, 0.3) is 0 Å². The third kappa shape index (κ3) is 8.10. The second-order valence-electron chi connectivity index (χ2n) is 8.08. The second kappa shape index (κ2) is 13.3. The van der Waals surface area contributed by atoms with Crippen LogP contribution in [0.4, 0.5) is 0 Å². The molecule has 4 atom stereocenters. The number of aliphatic imine (C=N–C) groups is 1. The summed E-state index contributed by atoms with van der Waals surface area (Å²) < 4.78 is 12.2. The SMILES string of the molecule is CCS(=O)C1CCCC(NC(=NC)NCC2CCCN(Cc3cccs3)C2)C1.I. The monoisotopic (exact) mass is 552 g/mol. The molecule has 0 amide bonds. The molecular formula is C21H37IN4OS2. The molecule has 5 nitrogen and oxygen atoms in total. The van der Waals surface area contributed by atoms with Crippen molar-refractivity contribution in [3.05, 3.63) is 22.4 Å². The molecule has 1 aliphatic heterocycles. The van der Waals surface area contributed by atoms with Crippen LogP contribution in [0.5, 0.6) is 0 Å². The summed E-state index contributed by atoms with van der Waals surface area (Å²) in [4.78, 5) is 8.49. The fourth-order valence-electron chi connectivity index (χ4n) is 4.46. The van der Waals surface area contributed by atoms with Crippen molar-refractivity contribution in [3.63, 3.8) is 0 Å². The van der Waals surface area contributed by atoms with E-state index in [1.807, 2.05) is 25.3 Å². The first-order valence-electron chi connectivity index (χ1n) is 10.8. The van der Waals surface area contributed by atoms with Gasteiger partial charge in [-0.2, -0.15) is 0 Å². The molecule has 1 aromatic rings. The Morgan fingerprint density at radius 1 is 1.34 bits per heavy atom. The maximum Gasteiger partial charge on any atom is 0.191 e. The Bertz CT molecular complexity index is 641. The summed E-state index contributed by atoms with van der Waals surface area (Å²) in [6.07, 6.45) is 6.97. The molecule has 0 radical (unpaired) electrons. The lowest BCUT2D eigenvalue weighted by Crippen LogP contribution is -2.49.